The minimum Gasteiger partial charge on any atom is -0.505 e. The van der Waals surface area contributed by atoms with E-state index in [-0.39, 0.29) is 88.5 Å². The number of hydrogen-bond acceptors (Lipinski definition) is 33. The van der Waals surface area contributed by atoms with Crippen molar-refractivity contribution >= 4 is 156 Å². The second kappa shape index (κ2) is 25.1. The molecule has 11 N–H and O–H groups in total. The Morgan fingerprint density at radius 1 is 0.494 bits per heavy atom. The van der Waals surface area contributed by atoms with Gasteiger partial charge in [-0.15, -0.1) is 43.7 Å². The predicted molar refractivity (Wildman–Crippen MR) is 285 cm³/mol. The number of ether oxygens (including phenoxy) is 1. The molecule has 0 amide bonds. The summed E-state index contributed by atoms with van der Waals surface area (Å²) in [4.78, 5) is 7.13. The van der Waals surface area contributed by atoms with Crippen LogP contribution in [0.2, 0.25) is 0 Å². The molecular weight excluding hydrogens is 1230 g/mol. The number of nitro groups is 1. The molecular formula is C43H30N10O24S6. The Bertz CT molecular complexity index is 4430. The van der Waals surface area contributed by atoms with Crippen LogP contribution < -0.4 is 10.5 Å². The maximum atomic E-state index is 12.9. The Balaban J connectivity index is 1.19. The molecule has 8 aromatic rings. The van der Waals surface area contributed by atoms with Gasteiger partial charge in [-0.1, -0.05) is 21.2 Å². The summed E-state index contributed by atoms with van der Waals surface area (Å²) >= 11 is 0.978. The van der Waals surface area contributed by atoms with Gasteiger partial charge in [0.1, 0.15) is 54.6 Å². The average Bonchev–Trinajstić information content (AvgIpc) is 2.52. The molecule has 40 heteroatoms. The molecule has 0 radical (unpaired) electrons. The van der Waals surface area contributed by atoms with E-state index in [0.717, 1.165) is 36.4 Å². The topological polar surface area (TPSA) is 517 Å². The molecule has 8 rings (SSSR count). The molecule has 432 valence electrons. The van der Waals surface area contributed by atoms with E-state index in [1.54, 1.807) is 0 Å². The largest absolute Gasteiger partial charge is 0.505 e. The van der Waals surface area contributed by atoms with Crippen molar-refractivity contribution in [2.24, 2.45) is 40.9 Å². The molecule has 0 aliphatic rings. The highest BCUT2D eigenvalue weighted by Crippen LogP contribution is 2.51. The number of nitrogen functional groups attached to an aromatic ring is 1. The van der Waals surface area contributed by atoms with Crippen LogP contribution in [-0.4, -0.2) is 82.0 Å². The first-order valence-electron chi connectivity index (χ1n) is 21.6. The number of azo groups is 4. The number of phenolic OH excluding ortho intramolecular Hbond substituents is 3. The van der Waals surface area contributed by atoms with Crippen LogP contribution in [0.15, 0.2) is 167 Å². The number of benzene rings is 8. The summed E-state index contributed by atoms with van der Waals surface area (Å²) in [5, 5.41) is 114. The van der Waals surface area contributed by atoms with E-state index in [2.05, 4.69) is 69.0 Å². The average molecular weight is 1260 g/mol. The maximum absolute atomic E-state index is 12.9. The first kappa shape index (κ1) is 60.8. The van der Waals surface area contributed by atoms with Gasteiger partial charge in [0.05, 0.1) is 85.3 Å². The molecule has 34 nitrogen and oxygen atoms in total. The number of methoxy groups -OCH3 is 1. The summed E-state index contributed by atoms with van der Waals surface area (Å²) in [5.41, 5.74) is 1.88. The molecule has 0 saturated carbocycles. The summed E-state index contributed by atoms with van der Waals surface area (Å²) in [6.45, 7) is 0. The summed E-state index contributed by atoms with van der Waals surface area (Å²) in [5.74, 6) is -2.27. The standard InChI is InChI=1S/C43H30N10O24S6/c1-71-24-6-9-27(29(17-24)78-75-72-59)47-52-39-33(82(65,66)67)13-19-10-21(4-7-25(19)41(39)54)45-51-40-34(83(68,69)70)14-20-12-30(79-76-73-60)37(36(44)35(20)43(40)56)49-46-22-3-2-18-11-31(80-77-74-61)38(42(55)26(18)15-22)50-48-28-8-5-23(53(57)58)16-32(28)81(62,63)64/h2-17,54-56,59-61H,44H2,1H3,(H,62,63,64)(H,65,66,67)(H,68,69,70). The highest BCUT2D eigenvalue weighted by Gasteiger charge is 2.28. The molecule has 0 unspecified atom stereocenters. The van der Waals surface area contributed by atoms with Crippen molar-refractivity contribution in [3.8, 4) is 23.0 Å². The fourth-order valence-corrected chi connectivity index (χ4v) is 10.9. The predicted octanol–water partition coefficient (Wildman–Crippen LogP) is 12.4. The number of non-ortho nitro benzene ring substituents is 1. The highest BCUT2D eigenvalue weighted by atomic mass is 32.2. The van der Waals surface area contributed by atoms with Crippen molar-refractivity contribution < 1.29 is 108 Å². The monoisotopic (exact) mass is 1260 g/mol. The SMILES string of the molecule is COc1ccc(N=Nc2c(S(=O)(=O)O)cc3cc(N=Nc4c(S(=O)(=O)O)cc5cc(SOOO)c(N=Nc6ccc7cc(SOOO)c(N=Nc8ccc([N+](=O)[O-])cc8S(=O)(=O)O)c(O)c7c6)c(N)c5c4O)ccc3c2O)c(SOOO)c1. The molecule has 0 heterocycles. The van der Waals surface area contributed by atoms with Crippen LogP contribution in [0.5, 0.6) is 23.0 Å². The quantitative estimate of drug-likeness (QED) is 0.00573. The van der Waals surface area contributed by atoms with E-state index < -0.39 is 107 Å². The molecule has 0 aliphatic heterocycles. The van der Waals surface area contributed by atoms with Crippen LogP contribution in [0, 0.1) is 10.1 Å². The molecule has 0 fully saturated rings. The summed E-state index contributed by atoms with van der Waals surface area (Å²) in [6, 6.07) is 17.9. The Kier molecular flexibility index (Phi) is 18.4. The zero-order valence-corrected chi connectivity index (χ0v) is 45.3. The van der Waals surface area contributed by atoms with Crippen molar-refractivity contribution in [1.29, 1.82) is 0 Å². The molecule has 8 aromatic carbocycles. The smallest absolute Gasteiger partial charge is 0.297 e. The van der Waals surface area contributed by atoms with E-state index in [1.165, 1.54) is 61.7 Å². The first-order valence-corrected chi connectivity index (χ1v) is 28.1. The van der Waals surface area contributed by atoms with Crippen molar-refractivity contribution in [2.45, 2.75) is 29.4 Å². The zero-order valence-electron chi connectivity index (χ0n) is 40.4. The lowest BCUT2D eigenvalue weighted by atomic mass is 10.0. The van der Waals surface area contributed by atoms with Gasteiger partial charge in [0.15, 0.2) is 17.2 Å². The summed E-state index contributed by atoms with van der Waals surface area (Å²) in [6.07, 6.45) is 0. The molecule has 0 aromatic heterocycles. The maximum Gasteiger partial charge on any atom is 0.297 e. The first-order chi connectivity index (χ1) is 39.4. The van der Waals surface area contributed by atoms with Gasteiger partial charge < -0.3 is 25.8 Å². The third-order valence-corrected chi connectivity index (χ3v) is 15.5. The fraction of sp³-hybridized carbons (Fsp3) is 0.0233. The molecule has 83 heavy (non-hydrogen) atoms. The van der Waals surface area contributed by atoms with E-state index >= 15 is 0 Å². The van der Waals surface area contributed by atoms with Crippen molar-refractivity contribution in [1.82, 2.24) is 0 Å². The number of nitrogens with zero attached hydrogens (tertiary/aromatic N) is 9. The number of nitrogens with two attached hydrogens (primary N) is 1. The summed E-state index contributed by atoms with van der Waals surface area (Å²) < 4.78 is 124. The van der Waals surface area contributed by atoms with Crippen molar-refractivity contribution in [3.63, 3.8) is 0 Å². The number of phenols is 3. The Labute approximate surface area is 474 Å². The minimum absolute atomic E-state index is 0.0203. The number of aromatic hydroxyl groups is 3. The van der Waals surface area contributed by atoms with Crippen LogP contribution in [0.3, 0.4) is 0 Å². The third kappa shape index (κ3) is 13.5. The normalized spacial score (nSPS) is 12.6. The van der Waals surface area contributed by atoms with Crippen LogP contribution in [-0.2, 0) is 58.5 Å². The van der Waals surface area contributed by atoms with Crippen LogP contribution in [0.4, 0.5) is 56.9 Å². The zero-order chi connectivity index (χ0) is 60.1. The fourth-order valence-electron chi connectivity index (χ4n) is 7.47. The molecule has 0 bridgehead atoms. The highest BCUT2D eigenvalue weighted by molar-refractivity contribution is 7.95. The molecule has 0 aliphatic carbocycles. The van der Waals surface area contributed by atoms with Crippen LogP contribution in [0.25, 0.3) is 32.3 Å². The van der Waals surface area contributed by atoms with Gasteiger partial charge in [0, 0.05) is 22.9 Å². The van der Waals surface area contributed by atoms with Gasteiger partial charge in [-0.05, 0) is 95.0 Å². The van der Waals surface area contributed by atoms with Gasteiger partial charge >= 0.3 is 0 Å². The van der Waals surface area contributed by atoms with Crippen molar-refractivity contribution in [2.75, 3.05) is 12.8 Å². The van der Waals surface area contributed by atoms with E-state index in [1.807, 2.05) is 0 Å². The molecule has 0 spiro atoms. The number of anilines is 1. The summed E-state index contributed by atoms with van der Waals surface area (Å²) in [7, 11) is -14.3. The van der Waals surface area contributed by atoms with Crippen molar-refractivity contribution in [3.05, 3.63) is 107 Å². The van der Waals surface area contributed by atoms with E-state index in [4.69, 9.17) is 26.2 Å². The van der Waals surface area contributed by atoms with Crippen LogP contribution >= 0.6 is 36.1 Å². The molecule has 0 saturated heterocycles. The number of hydrogen-bond donors (Lipinski definition) is 10. The third-order valence-electron chi connectivity index (χ3n) is 11.0. The Morgan fingerprint density at radius 2 is 1.00 bits per heavy atom. The lowest BCUT2D eigenvalue weighted by Gasteiger charge is -2.14. The van der Waals surface area contributed by atoms with Crippen LogP contribution in [0.1, 0.15) is 0 Å². The Hall–Kier alpha value is -8.24. The van der Waals surface area contributed by atoms with E-state index in [0.29, 0.717) is 23.9 Å². The van der Waals surface area contributed by atoms with Gasteiger partial charge in [0.25, 0.3) is 36.0 Å². The second-order valence-electron chi connectivity index (χ2n) is 15.9. The Morgan fingerprint density at radius 3 is 1.61 bits per heavy atom. The number of nitro benzene ring substituents is 1. The van der Waals surface area contributed by atoms with Gasteiger partial charge in [-0.2, -0.15) is 35.5 Å². The van der Waals surface area contributed by atoms with E-state index in [9.17, 15) is 64.3 Å². The number of rotatable bonds is 22. The lowest BCUT2D eigenvalue weighted by molar-refractivity contribution is -0.432. The second-order valence-corrected chi connectivity index (χ2v) is 22.3. The number of fused-ring (bicyclic) bond motifs is 3. The van der Waals surface area contributed by atoms with Gasteiger partial charge in [-0.25, -0.2) is 15.8 Å². The molecule has 0 atom stereocenters. The lowest BCUT2D eigenvalue weighted by Crippen LogP contribution is -2.00. The van der Waals surface area contributed by atoms with Gasteiger partial charge in [-0.3, -0.25) is 23.8 Å². The minimum atomic E-state index is -5.31. The van der Waals surface area contributed by atoms with Gasteiger partial charge in [0.2, 0.25) is 0 Å².